The summed E-state index contributed by atoms with van der Waals surface area (Å²) in [4.78, 5) is 12.7. The largest absolute Gasteiger partial charge is 0.272 e. The number of hydrogen-bond donors (Lipinski definition) is 0. The molecule has 0 bridgehead atoms. The normalized spacial score (nSPS) is 38.3. The quantitative estimate of drug-likeness (QED) is 0.741. The van der Waals surface area contributed by atoms with Gasteiger partial charge in [-0.05, 0) is 43.9 Å². The Bertz CT molecular complexity index is 661. The summed E-state index contributed by atoms with van der Waals surface area (Å²) in [6.07, 6.45) is 1.46. The Hall–Kier alpha value is -0.540. The molecule has 0 amide bonds. The van der Waals surface area contributed by atoms with Crippen molar-refractivity contribution in [3.63, 3.8) is 0 Å². The van der Waals surface area contributed by atoms with Crippen molar-refractivity contribution in [2.24, 2.45) is 16.7 Å². The fourth-order valence-corrected chi connectivity index (χ4v) is 4.82. The van der Waals surface area contributed by atoms with Gasteiger partial charge in [0, 0.05) is 5.56 Å². The standard InChI is InChI=1S/C15H18Cl2N2O/c1-7-10-9(5-8-11(10)13(8,2)3)19(18-7)12(20)14(4)6-15(14,16)17/h8,11H,5-6H2,1-4H3/t8-,11-,14?/m1/s1. The summed E-state index contributed by atoms with van der Waals surface area (Å²) >= 11 is 12.3. The number of carbonyl (C=O) groups excluding carboxylic acids is 1. The number of hydrogen-bond acceptors (Lipinski definition) is 2. The van der Waals surface area contributed by atoms with Crippen LogP contribution in [0.1, 0.15) is 54.9 Å². The van der Waals surface area contributed by atoms with E-state index < -0.39 is 9.75 Å². The SMILES string of the molecule is Cc1nn(C(=O)C2(C)CC2(Cl)Cl)c2c1[C@H]1[C@@H](C2)C1(C)C. The predicted octanol–water partition coefficient (Wildman–Crippen LogP) is 3.71. The van der Waals surface area contributed by atoms with E-state index in [1.165, 1.54) is 5.56 Å². The van der Waals surface area contributed by atoms with Gasteiger partial charge in [0.15, 0.2) is 0 Å². The van der Waals surface area contributed by atoms with Crippen molar-refractivity contribution in [2.45, 2.75) is 50.8 Å². The molecule has 1 aromatic heterocycles. The molecule has 0 N–H and O–H groups in total. The van der Waals surface area contributed by atoms with Crippen LogP contribution in [0.3, 0.4) is 0 Å². The van der Waals surface area contributed by atoms with Crippen LogP contribution in [-0.2, 0) is 6.42 Å². The average Bonchev–Trinajstić information content (AvgIpc) is 2.88. The summed E-state index contributed by atoms with van der Waals surface area (Å²) in [5, 5.41) is 4.50. The Morgan fingerprint density at radius 3 is 2.50 bits per heavy atom. The molecule has 1 aromatic rings. The van der Waals surface area contributed by atoms with Crippen LogP contribution in [0.25, 0.3) is 0 Å². The Morgan fingerprint density at radius 2 is 1.95 bits per heavy atom. The molecule has 3 nitrogen and oxygen atoms in total. The molecule has 2 saturated carbocycles. The van der Waals surface area contributed by atoms with Crippen molar-refractivity contribution in [1.29, 1.82) is 0 Å². The smallest absolute Gasteiger partial charge is 0.256 e. The lowest BCUT2D eigenvalue weighted by Gasteiger charge is -2.14. The van der Waals surface area contributed by atoms with Crippen molar-refractivity contribution in [1.82, 2.24) is 9.78 Å². The van der Waals surface area contributed by atoms with Crippen LogP contribution in [0.2, 0.25) is 0 Å². The van der Waals surface area contributed by atoms with Gasteiger partial charge in [0.1, 0.15) is 4.33 Å². The van der Waals surface area contributed by atoms with Gasteiger partial charge in [0.05, 0.1) is 16.8 Å². The van der Waals surface area contributed by atoms with Gasteiger partial charge in [0.2, 0.25) is 0 Å². The number of aryl methyl sites for hydroxylation is 1. The highest BCUT2D eigenvalue weighted by Crippen LogP contribution is 2.71. The number of alkyl halides is 2. The molecule has 2 fully saturated rings. The first-order valence-corrected chi connectivity index (χ1v) is 7.88. The maximum Gasteiger partial charge on any atom is 0.256 e. The molecule has 0 spiro atoms. The van der Waals surface area contributed by atoms with Crippen LogP contribution in [0.15, 0.2) is 0 Å². The predicted molar refractivity (Wildman–Crippen MR) is 78.5 cm³/mol. The molecule has 0 aromatic carbocycles. The van der Waals surface area contributed by atoms with E-state index in [0.29, 0.717) is 23.7 Å². The van der Waals surface area contributed by atoms with Gasteiger partial charge in [-0.3, -0.25) is 4.79 Å². The Morgan fingerprint density at radius 1 is 1.35 bits per heavy atom. The van der Waals surface area contributed by atoms with E-state index in [0.717, 1.165) is 17.8 Å². The van der Waals surface area contributed by atoms with Gasteiger partial charge in [-0.15, -0.1) is 23.2 Å². The minimum atomic E-state index is -0.933. The minimum Gasteiger partial charge on any atom is -0.272 e. The third-order valence-corrected chi connectivity index (χ3v) is 7.00. The molecular formula is C15H18Cl2N2O. The van der Waals surface area contributed by atoms with Crippen molar-refractivity contribution < 1.29 is 4.79 Å². The highest BCUT2D eigenvalue weighted by molar-refractivity contribution is 6.53. The van der Waals surface area contributed by atoms with Crippen LogP contribution in [0.4, 0.5) is 0 Å². The van der Waals surface area contributed by atoms with Gasteiger partial charge in [-0.1, -0.05) is 13.8 Å². The third-order valence-electron chi connectivity index (χ3n) is 5.90. The summed E-state index contributed by atoms with van der Waals surface area (Å²) in [7, 11) is 0. The number of carbonyl (C=O) groups is 1. The fourth-order valence-electron chi connectivity index (χ4n) is 4.13. The van der Waals surface area contributed by atoms with Crippen molar-refractivity contribution in [3.05, 3.63) is 17.0 Å². The monoisotopic (exact) mass is 312 g/mol. The number of rotatable bonds is 1. The molecule has 5 heteroatoms. The molecular weight excluding hydrogens is 295 g/mol. The van der Waals surface area contributed by atoms with Gasteiger partial charge >= 0.3 is 0 Å². The van der Waals surface area contributed by atoms with E-state index in [9.17, 15) is 4.79 Å². The zero-order valence-electron chi connectivity index (χ0n) is 12.1. The zero-order valence-corrected chi connectivity index (χ0v) is 13.6. The second-order valence-electron chi connectivity index (χ2n) is 7.49. The first kappa shape index (κ1) is 13.1. The van der Waals surface area contributed by atoms with Crippen LogP contribution in [-0.4, -0.2) is 20.0 Å². The molecule has 0 saturated heterocycles. The van der Waals surface area contributed by atoms with Gasteiger partial charge < -0.3 is 0 Å². The highest BCUT2D eigenvalue weighted by atomic mass is 35.5. The topological polar surface area (TPSA) is 34.9 Å². The fraction of sp³-hybridized carbons (Fsp3) is 0.733. The third kappa shape index (κ3) is 1.29. The van der Waals surface area contributed by atoms with Crippen molar-refractivity contribution in [2.75, 3.05) is 0 Å². The van der Waals surface area contributed by atoms with Crippen molar-refractivity contribution >= 4 is 29.1 Å². The first-order chi connectivity index (χ1) is 9.11. The molecule has 108 valence electrons. The Kier molecular flexibility index (Phi) is 2.15. The van der Waals surface area contributed by atoms with Crippen LogP contribution < -0.4 is 0 Å². The molecule has 0 aliphatic heterocycles. The molecule has 20 heavy (non-hydrogen) atoms. The van der Waals surface area contributed by atoms with Gasteiger partial charge in [-0.25, -0.2) is 4.68 Å². The van der Waals surface area contributed by atoms with Gasteiger partial charge in [-0.2, -0.15) is 5.10 Å². The minimum absolute atomic E-state index is 0.0500. The maximum atomic E-state index is 12.7. The molecule has 1 heterocycles. The van der Waals surface area contributed by atoms with E-state index in [-0.39, 0.29) is 5.91 Å². The Labute approximate surface area is 128 Å². The summed E-state index contributed by atoms with van der Waals surface area (Å²) in [6.45, 7) is 8.44. The second-order valence-corrected chi connectivity index (χ2v) is 8.97. The number of fused-ring (bicyclic) bond motifs is 3. The second kappa shape index (κ2) is 3.27. The van der Waals surface area contributed by atoms with E-state index >= 15 is 0 Å². The van der Waals surface area contributed by atoms with E-state index in [1.54, 1.807) is 4.68 Å². The summed E-state index contributed by atoms with van der Waals surface area (Å²) in [5.74, 6) is 1.19. The first-order valence-electron chi connectivity index (χ1n) is 7.12. The van der Waals surface area contributed by atoms with Crippen LogP contribution in [0, 0.1) is 23.7 Å². The van der Waals surface area contributed by atoms with Crippen LogP contribution in [0.5, 0.6) is 0 Å². The van der Waals surface area contributed by atoms with E-state index in [4.69, 9.17) is 23.2 Å². The van der Waals surface area contributed by atoms with Crippen LogP contribution >= 0.6 is 23.2 Å². The van der Waals surface area contributed by atoms with Crippen molar-refractivity contribution in [3.8, 4) is 0 Å². The summed E-state index contributed by atoms with van der Waals surface area (Å²) in [5.41, 5.74) is 3.06. The lowest BCUT2D eigenvalue weighted by Crippen LogP contribution is -2.27. The lowest BCUT2D eigenvalue weighted by molar-refractivity contribution is 0.0802. The van der Waals surface area contributed by atoms with E-state index in [2.05, 4.69) is 18.9 Å². The number of nitrogens with zero attached hydrogens (tertiary/aromatic N) is 2. The highest BCUT2D eigenvalue weighted by Gasteiger charge is 2.70. The lowest BCUT2D eigenvalue weighted by atomic mass is 9.98. The zero-order chi connectivity index (χ0) is 14.7. The summed E-state index contributed by atoms with van der Waals surface area (Å²) < 4.78 is 0.664. The number of halogens is 2. The molecule has 1 unspecified atom stereocenters. The summed E-state index contributed by atoms with van der Waals surface area (Å²) in [6, 6.07) is 0. The number of aromatic nitrogens is 2. The molecule has 4 rings (SSSR count). The average molecular weight is 313 g/mol. The van der Waals surface area contributed by atoms with Gasteiger partial charge in [0.25, 0.3) is 5.91 Å². The van der Waals surface area contributed by atoms with E-state index in [1.807, 2.05) is 13.8 Å². The maximum absolute atomic E-state index is 12.7. The molecule has 0 radical (unpaired) electrons. The molecule has 3 aliphatic carbocycles. The molecule has 3 aliphatic rings. The molecule has 3 atom stereocenters. The Balaban J connectivity index is 1.75.